The van der Waals surface area contributed by atoms with Crippen LogP contribution in [0.1, 0.15) is 18.9 Å². The Balaban J connectivity index is 2.24. The zero-order valence-corrected chi connectivity index (χ0v) is 9.43. The van der Waals surface area contributed by atoms with E-state index in [0.717, 1.165) is 25.6 Å². The number of ether oxygens (including phenoxy) is 1. The minimum atomic E-state index is -0.829. The molecule has 0 unspecified atom stereocenters. The molecule has 1 rings (SSSR count). The van der Waals surface area contributed by atoms with E-state index in [-0.39, 0.29) is 12.2 Å². The minimum absolute atomic E-state index is 0.109. The third kappa shape index (κ3) is 4.24. The van der Waals surface area contributed by atoms with Gasteiger partial charge in [-0.15, -0.1) is 0 Å². The molecule has 0 amide bonds. The Morgan fingerprint density at radius 1 is 1.25 bits per heavy atom. The fourth-order valence-corrected chi connectivity index (χ4v) is 1.29. The van der Waals surface area contributed by atoms with E-state index in [0.29, 0.717) is 6.61 Å². The number of rotatable bonds is 7. The second-order valence-electron chi connectivity index (χ2n) is 3.52. The van der Waals surface area contributed by atoms with Gasteiger partial charge in [-0.05, 0) is 19.0 Å². The second-order valence-corrected chi connectivity index (χ2v) is 3.52. The lowest BCUT2D eigenvalue weighted by Crippen LogP contribution is -2.20. The lowest BCUT2D eigenvalue weighted by Gasteiger charge is -2.06. The van der Waals surface area contributed by atoms with Crippen molar-refractivity contribution in [3.8, 4) is 0 Å². The van der Waals surface area contributed by atoms with Crippen LogP contribution in [0.5, 0.6) is 0 Å². The van der Waals surface area contributed by atoms with E-state index in [2.05, 4.69) is 12.2 Å². The molecule has 1 aromatic rings. The van der Waals surface area contributed by atoms with Crippen molar-refractivity contribution in [3.05, 3.63) is 35.4 Å². The summed E-state index contributed by atoms with van der Waals surface area (Å²) < 4.78 is 31.2. The van der Waals surface area contributed by atoms with Crippen molar-refractivity contribution in [3.63, 3.8) is 0 Å². The maximum absolute atomic E-state index is 13.2. The SMILES string of the molecule is CCCNCCOCc1cccc(F)c1F. The fraction of sp³-hybridized carbons (Fsp3) is 0.500. The summed E-state index contributed by atoms with van der Waals surface area (Å²) in [6, 6.07) is 4.10. The maximum atomic E-state index is 13.2. The highest BCUT2D eigenvalue weighted by molar-refractivity contribution is 5.17. The van der Waals surface area contributed by atoms with Crippen LogP contribution in [0, 0.1) is 11.6 Å². The summed E-state index contributed by atoms with van der Waals surface area (Å²) in [5, 5.41) is 3.15. The first-order valence-electron chi connectivity index (χ1n) is 5.47. The Labute approximate surface area is 94.6 Å². The summed E-state index contributed by atoms with van der Waals surface area (Å²) in [5.74, 6) is -1.64. The van der Waals surface area contributed by atoms with Crippen LogP contribution in [0.2, 0.25) is 0 Å². The van der Waals surface area contributed by atoms with Gasteiger partial charge in [0.1, 0.15) is 0 Å². The van der Waals surface area contributed by atoms with Gasteiger partial charge in [-0.2, -0.15) is 0 Å². The zero-order valence-electron chi connectivity index (χ0n) is 9.43. The summed E-state index contributed by atoms with van der Waals surface area (Å²) in [5.41, 5.74) is 0.260. The van der Waals surface area contributed by atoms with Crippen LogP contribution < -0.4 is 5.32 Å². The van der Waals surface area contributed by atoms with Gasteiger partial charge in [-0.25, -0.2) is 8.78 Å². The van der Waals surface area contributed by atoms with Gasteiger partial charge in [-0.1, -0.05) is 19.1 Å². The van der Waals surface area contributed by atoms with Crippen molar-refractivity contribution in [1.82, 2.24) is 5.32 Å². The number of halogens is 2. The van der Waals surface area contributed by atoms with Gasteiger partial charge in [-0.3, -0.25) is 0 Å². The number of hydrogen-bond acceptors (Lipinski definition) is 2. The maximum Gasteiger partial charge on any atom is 0.164 e. The Morgan fingerprint density at radius 2 is 2.06 bits per heavy atom. The van der Waals surface area contributed by atoms with Crippen molar-refractivity contribution >= 4 is 0 Å². The van der Waals surface area contributed by atoms with E-state index in [1.807, 2.05) is 0 Å². The van der Waals surface area contributed by atoms with Crippen LogP contribution in [0.4, 0.5) is 8.78 Å². The van der Waals surface area contributed by atoms with Crippen molar-refractivity contribution < 1.29 is 13.5 Å². The van der Waals surface area contributed by atoms with E-state index in [1.165, 1.54) is 12.1 Å². The average Bonchev–Trinajstić information content (AvgIpc) is 2.29. The monoisotopic (exact) mass is 229 g/mol. The molecule has 0 aliphatic rings. The highest BCUT2D eigenvalue weighted by Gasteiger charge is 2.06. The van der Waals surface area contributed by atoms with E-state index < -0.39 is 11.6 Å². The molecule has 0 aromatic heterocycles. The van der Waals surface area contributed by atoms with Crippen LogP contribution >= 0.6 is 0 Å². The number of hydrogen-bond donors (Lipinski definition) is 1. The van der Waals surface area contributed by atoms with Crippen LogP contribution in [0.15, 0.2) is 18.2 Å². The molecule has 0 radical (unpaired) electrons. The molecule has 0 aliphatic carbocycles. The highest BCUT2D eigenvalue weighted by Crippen LogP contribution is 2.11. The molecule has 0 spiro atoms. The molecule has 90 valence electrons. The van der Waals surface area contributed by atoms with Gasteiger partial charge in [0.25, 0.3) is 0 Å². The van der Waals surface area contributed by atoms with E-state index in [4.69, 9.17) is 4.74 Å². The standard InChI is InChI=1S/C12H17F2NO/c1-2-6-15-7-8-16-9-10-4-3-5-11(13)12(10)14/h3-5,15H,2,6-9H2,1H3. The first kappa shape index (κ1) is 13.1. The average molecular weight is 229 g/mol. The molecule has 0 aliphatic heterocycles. The molecule has 0 saturated heterocycles. The first-order valence-corrected chi connectivity index (χ1v) is 5.47. The smallest absolute Gasteiger partial charge is 0.164 e. The number of benzene rings is 1. The van der Waals surface area contributed by atoms with Crippen molar-refractivity contribution in [1.29, 1.82) is 0 Å². The summed E-state index contributed by atoms with van der Waals surface area (Å²) >= 11 is 0. The Morgan fingerprint density at radius 3 is 2.81 bits per heavy atom. The lowest BCUT2D eigenvalue weighted by molar-refractivity contribution is 0.120. The summed E-state index contributed by atoms with van der Waals surface area (Å²) in [4.78, 5) is 0. The van der Waals surface area contributed by atoms with Crippen LogP contribution in [0.3, 0.4) is 0 Å². The van der Waals surface area contributed by atoms with Gasteiger partial charge in [0.05, 0.1) is 13.2 Å². The molecule has 1 N–H and O–H groups in total. The quantitative estimate of drug-likeness (QED) is 0.725. The van der Waals surface area contributed by atoms with Crippen LogP contribution in [-0.2, 0) is 11.3 Å². The van der Waals surface area contributed by atoms with Crippen molar-refractivity contribution in [2.24, 2.45) is 0 Å². The molecule has 16 heavy (non-hydrogen) atoms. The number of nitrogens with one attached hydrogen (secondary N) is 1. The van der Waals surface area contributed by atoms with E-state index >= 15 is 0 Å². The van der Waals surface area contributed by atoms with Gasteiger partial charge >= 0.3 is 0 Å². The highest BCUT2D eigenvalue weighted by atomic mass is 19.2. The van der Waals surface area contributed by atoms with Crippen molar-refractivity contribution in [2.45, 2.75) is 20.0 Å². The molecule has 1 aromatic carbocycles. The van der Waals surface area contributed by atoms with Crippen LogP contribution in [-0.4, -0.2) is 19.7 Å². The topological polar surface area (TPSA) is 21.3 Å². The predicted octanol–water partition coefficient (Wildman–Crippen LogP) is 2.48. The molecule has 2 nitrogen and oxygen atoms in total. The Hall–Kier alpha value is -1.00. The minimum Gasteiger partial charge on any atom is -0.375 e. The van der Waals surface area contributed by atoms with Gasteiger partial charge in [0.15, 0.2) is 11.6 Å². The van der Waals surface area contributed by atoms with Gasteiger partial charge in [0, 0.05) is 12.1 Å². The first-order chi connectivity index (χ1) is 7.75. The summed E-state index contributed by atoms with van der Waals surface area (Å²) in [7, 11) is 0. The molecular weight excluding hydrogens is 212 g/mol. The lowest BCUT2D eigenvalue weighted by atomic mass is 10.2. The van der Waals surface area contributed by atoms with Crippen molar-refractivity contribution in [2.75, 3.05) is 19.7 Å². The molecule has 0 saturated carbocycles. The zero-order chi connectivity index (χ0) is 11.8. The second kappa shape index (κ2) is 7.30. The van der Waals surface area contributed by atoms with E-state index in [1.54, 1.807) is 0 Å². The largest absolute Gasteiger partial charge is 0.375 e. The molecule has 0 heterocycles. The molecule has 0 bridgehead atoms. The van der Waals surface area contributed by atoms with E-state index in [9.17, 15) is 8.78 Å². The fourth-order valence-electron chi connectivity index (χ4n) is 1.29. The predicted molar refractivity (Wildman–Crippen MR) is 59.2 cm³/mol. The Bertz CT molecular complexity index is 318. The summed E-state index contributed by atoms with van der Waals surface area (Å²) in [6.45, 7) is 4.35. The third-order valence-electron chi connectivity index (χ3n) is 2.14. The molecular formula is C12H17F2NO. The molecule has 0 atom stereocenters. The molecule has 4 heteroatoms. The molecule has 0 fully saturated rings. The third-order valence-corrected chi connectivity index (χ3v) is 2.14. The summed E-state index contributed by atoms with van der Waals surface area (Å²) in [6.07, 6.45) is 1.07. The normalized spacial score (nSPS) is 10.7. The van der Waals surface area contributed by atoms with Gasteiger partial charge in [0.2, 0.25) is 0 Å². The van der Waals surface area contributed by atoms with Crippen LogP contribution in [0.25, 0.3) is 0 Å². The Kier molecular flexibility index (Phi) is 5.96. The van der Waals surface area contributed by atoms with Gasteiger partial charge < -0.3 is 10.1 Å².